The summed E-state index contributed by atoms with van der Waals surface area (Å²) in [5, 5.41) is 5.81. The highest BCUT2D eigenvalue weighted by Crippen LogP contribution is 2.19. The first kappa shape index (κ1) is 15.3. The van der Waals surface area contributed by atoms with Crippen molar-refractivity contribution in [2.24, 2.45) is 0 Å². The molecule has 0 aliphatic carbocycles. The molecule has 2 aromatic rings. The quantitative estimate of drug-likeness (QED) is 0.712. The van der Waals surface area contributed by atoms with Gasteiger partial charge in [-0.15, -0.1) is 11.3 Å². The summed E-state index contributed by atoms with van der Waals surface area (Å²) in [4.78, 5) is 1.47. The molecule has 0 spiro atoms. The first-order valence-electron chi connectivity index (χ1n) is 7.75. The van der Waals surface area contributed by atoms with E-state index >= 15 is 0 Å². The van der Waals surface area contributed by atoms with Gasteiger partial charge in [0.2, 0.25) is 0 Å². The van der Waals surface area contributed by atoms with Gasteiger partial charge in [0.1, 0.15) is 0 Å². The second kappa shape index (κ2) is 8.28. The Morgan fingerprint density at radius 1 is 1.25 bits per heavy atom. The number of hydrogen-bond donors (Lipinski definition) is 1. The van der Waals surface area contributed by atoms with Crippen LogP contribution in [-0.2, 0) is 13.0 Å². The molecule has 2 nitrogen and oxygen atoms in total. The largest absolute Gasteiger partial charge is 0.354 e. The normalized spacial score (nSPS) is 12.7. The molecule has 3 heteroatoms. The average molecular weight is 290 g/mol. The second-order valence-electron chi connectivity index (χ2n) is 5.31. The Labute approximate surface area is 126 Å². The van der Waals surface area contributed by atoms with Crippen LogP contribution in [-0.4, -0.2) is 11.1 Å². The van der Waals surface area contributed by atoms with E-state index in [-0.39, 0.29) is 0 Å². The van der Waals surface area contributed by atoms with Gasteiger partial charge in [-0.1, -0.05) is 26.3 Å². The standard InChI is InChI=1S/C17H26N2S/c1-3-6-17(18-10-4-2)15-8-11-19(14-15)12-9-16-7-5-13-20-16/h5,7-8,11,13-14,17-18H,3-4,6,9-10,12H2,1-2H3. The van der Waals surface area contributed by atoms with Crippen molar-refractivity contribution >= 4 is 11.3 Å². The van der Waals surface area contributed by atoms with Crippen molar-refractivity contribution in [1.29, 1.82) is 0 Å². The highest BCUT2D eigenvalue weighted by atomic mass is 32.1. The summed E-state index contributed by atoms with van der Waals surface area (Å²) >= 11 is 1.85. The Morgan fingerprint density at radius 3 is 2.85 bits per heavy atom. The van der Waals surface area contributed by atoms with Gasteiger partial charge in [0.15, 0.2) is 0 Å². The summed E-state index contributed by atoms with van der Waals surface area (Å²) in [6.45, 7) is 6.66. The molecule has 0 aromatic carbocycles. The van der Waals surface area contributed by atoms with Gasteiger partial charge in [0, 0.05) is 29.9 Å². The molecular weight excluding hydrogens is 264 g/mol. The van der Waals surface area contributed by atoms with Crippen LogP contribution in [0.1, 0.15) is 49.6 Å². The van der Waals surface area contributed by atoms with Crippen LogP contribution in [0, 0.1) is 0 Å². The van der Waals surface area contributed by atoms with E-state index in [0.717, 1.165) is 19.5 Å². The van der Waals surface area contributed by atoms with Gasteiger partial charge < -0.3 is 9.88 Å². The summed E-state index contributed by atoms with van der Waals surface area (Å²) in [7, 11) is 0. The third-order valence-corrected chi connectivity index (χ3v) is 4.53. The van der Waals surface area contributed by atoms with Gasteiger partial charge in [0.05, 0.1) is 0 Å². The SMILES string of the molecule is CCCNC(CCC)c1ccn(CCc2cccs2)c1. The van der Waals surface area contributed by atoms with Crippen LogP contribution in [0.15, 0.2) is 36.0 Å². The zero-order chi connectivity index (χ0) is 14.2. The zero-order valence-corrected chi connectivity index (χ0v) is 13.5. The Kier molecular flexibility index (Phi) is 6.34. The van der Waals surface area contributed by atoms with E-state index in [1.165, 1.54) is 29.7 Å². The maximum Gasteiger partial charge on any atom is 0.0335 e. The molecule has 110 valence electrons. The summed E-state index contributed by atoms with van der Waals surface area (Å²) in [5.41, 5.74) is 1.44. The highest BCUT2D eigenvalue weighted by molar-refractivity contribution is 7.09. The number of rotatable bonds is 9. The minimum atomic E-state index is 0.517. The first-order chi connectivity index (χ1) is 9.83. The molecule has 0 bridgehead atoms. The van der Waals surface area contributed by atoms with Crippen LogP contribution in [0.4, 0.5) is 0 Å². The predicted molar refractivity (Wildman–Crippen MR) is 88.4 cm³/mol. The Balaban J connectivity index is 1.91. The van der Waals surface area contributed by atoms with Crippen molar-refractivity contribution in [3.05, 3.63) is 46.4 Å². The molecule has 0 aliphatic heterocycles. The van der Waals surface area contributed by atoms with E-state index in [1.807, 2.05) is 11.3 Å². The lowest BCUT2D eigenvalue weighted by Gasteiger charge is -2.16. The Hall–Kier alpha value is -1.06. The fourth-order valence-corrected chi connectivity index (χ4v) is 3.19. The molecule has 2 rings (SSSR count). The monoisotopic (exact) mass is 290 g/mol. The maximum absolute atomic E-state index is 3.66. The van der Waals surface area contributed by atoms with Crippen molar-refractivity contribution in [2.75, 3.05) is 6.54 Å². The van der Waals surface area contributed by atoms with Crippen LogP contribution in [0.2, 0.25) is 0 Å². The molecule has 0 fully saturated rings. The third-order valence-electron chi connectivity index (χ3n) is 3.59. The smallest absolute Gasteiger partial charge is 0.0335 e. The Bertz CT molecular complexity index is 473. The molecule has 0 aliphatic rings. The van der Waals surface area contributed by atoms with Crippen molar-refractivity contribution in [2.45, 2.75) is 52.1 Å². The van der Waals surface area contributed by atoms with E-state index < -0.39 is 0 Å². The fraction of sp³-hybridized carbons (Fsp3) is 0.529. The molecule has 0 amide bonds. The van der Waals surface area contributed by atoms with E-state index in [0.29, 0.717) is 6.04 Å². The first-order valence-corrected chi connectivity index (χ1v) is 8.63. The van der Waals surface area contributed by atoms with Gasteiger partial charge in [-0.05, 0) is 48.9 Å². The van der Waals surface area contributed by atoms with Crippen LogP contribution in [0.5, 0.6) is 0 Å². The van der Waals surface area contributed by atoms with E-state index in [9.17, 15) is 0 Å². The molecule has 1 atom stereocenters. The van der Waals surface area contributed by atoms with Crippen molar-refractivity contribution in [3.8, 4) is 0 Å². The molecule has 0 saturated carbocycles. The third kappa shape index (κ3) is 4.50. The number of nitrogens with zero attached hydrogens (tertiary/aromatic N) is 1. The van der Waals surface area contributed by atoms with Gasteiger partial charge in [-0.3, -0.25) is 0 Å². The van der Waals surface area contributed by atoms with Crippen molar-refractivity contribution < 1.29 is 0 Å². The Morgan fingerprint density at radius 2 is 2.15 bits per heavy atom. The fourth-order valence-electron chi connectivity index (χ4n) is 2.49. The van der Waals surface area contributed by atoms with Crippen molar-refractivity contribution in [3.63, 3.8) is 0 Å². The van der Waals surface area contributed by atoms with Gasteiger partial charge >= 0.3 is 0 Å². The molecule has 0 saturated heterocycles. The second-order valence-corrected chi connectivity index (χ2v) is 6.34. The number of thiophene rings is 1. The van der Waals surface area contributed by atoms with E-state index in [1.54, 1.807) is 0 Å². The number of nitrogens with one attached hydrogen (secondary N) is 1. The van der Waals surface area contributed by atoms with Crippen LogP contribution >= 0.6 is 11.3 Å². The zero-order valence-electron chi connectivity index (χ0n) is 12.6. The lowest BCUT2D eigenvalue weighted by atomic mass is 10.1. The highest BCUT2D eigenvalue weighted by Gasteiger charge is 2.10. The molecule has 2 aromatic heterocycles. The molecular formula is C17H26N2S. The summed E-state index contributed by atoms with van der Waals surface area (Å²) in [5.74, 6) is 0. The minimum absolute atomic E-state index is 0.517. The van der Waals surface area contributed by atoms with Gasteiger partial charge in [-0.25, -0.2) is 0 Å². The van der Waals surface area contributed by atoms with Gasteiger partial charge in [-0.2, -0.15) is 0 Å². The lowest BCUT2D eigenvalue weighted by Crippen LogP contribution is -2.21. The van der Waals surface area contributed by atoms with Crippen LogP contribution in [0.25, 0.3) is 0 Å². The predicted octanol–water partition coefficient (Wildman–Crippen LogP) is 4.63. The molecule has 2 heterocycles. The summed E-state index contributed by atoms with van der Waals surface area (Å²) in [6.07, 6.45) is 9.30. The topological polar surface area (TPSA) is 17.0 Å². The van der Waals surface area contributed by atoms with Gasteiger partial charge in [0.25, 0.3) is 0 Å². The van der Waals surface area contributed by atoms with E-state index in [4.69, 9.17) is 0 Å². The number of aryl methyl sites for hydroxylation is 2. The maximum atomic E-state index is 3.66. The van der Waals surface area contributed by atoms with Crippen molar-refractivity contribution in [1.82, 2.24) is 9.88 Å². The average Bonchev–Trinajstić information content (AvgIpc) is 3.12. The van der Waals surface area contributed by atoms with E-state index in [2.05, 4.69) is 59.7 Å². The molecule has 0 radical (unpaired) electrons. The lowest BCUT2D eigenvalue weighted by molar-refractivity contribution is 0.493. The van der Waals surface area contributed by atoms with Crippen LogP contribution in [0.3, 0.4) is 0 Å². The summed E-state index contributed by atoms with van der Waals surface area (Å²) < 4.78 is 2.32. The number of aromatic nitrogens is 1. The summed E-state index contributed by atoms with van der Waals surface area (Å²) in [6, 6.07) is 7.14. The number of hydrogen-bond acceptors (Lipinski definition) is 2. The minimum Gasteiger partial charge on any atom is -0.354 e. The van der Waals surface area contributed by atoms with Crippen LogP contribution < -0.4 is 5.32 Å². The molecule has 1 N–H and O–H groups in total. The molecule has 20 heavy (non-hydrogen) atoms. The molecule has 1 unspecified atom stereocenters.